The van der Waals surface area contributed by atoms with Crippen LogP contribution in [0.4, 0.5) is 5.82 Å². The van der Waals surface area contributed by atoms with Crippen LogP contribution in [0.25, 0.3) is 6.08 Å². The van der Waals surface area contributed by atoms with Crippen LogP contribution in [-0.2, 0) is 4.79 Å². The van der Waals surface area contributed by atoms with E-state index in [-0.39, 0.29) is 24.8 Å². The first-order chi connectivity index (χ1) is 8.74. The number of hydrogen-bond acceptors (Lipinski definition) is 4. The summed E-state index contributed by atoms with van der Waals surface area (Å²) in [6, 6.07) is 4.15. The van der Waals surface area contributed by atoms with Crippen molar-refractivity contribution in [1.82, 2.24) is 10.3 Å². The number of piperidine rings is 1. The molecule has 5 nitrogen and oxygen atoms in total. The Morgan fingerprint density at radius 3 is 2.80 bits per heavy atom. The lowest BCUT2D eigenvalue weighted by molar-refractivity contribution is -0.131. The van der Waals surface area contributed by atoms with Crippen molar-refractivity contribution in [3.05, 3.63) is 30.0 Å². The lowest BCUT2D eigenvalue weighted by Crippen LogP contribution is -2.38. The largest absolute Gasteiger partial charge is 0.478 e. The quantitative estimate of drug-likeness (QED) is 0.742. The minimum atomic E-state index is -0.953. The van der Waals surface area contributed by atoms with Gasteiger partial charge in [-0.15, -0.1) is 24.8 Å². The first kappa shape index (κ1) is 18.7. The molecule has 1 fully saturated rings. The van der Waals surface area contributed by atoms with Gasteiger partial charge in [0.05, 0.1) is 0 Å². The van der Waals surface area contributed by atoms with Crippen LogP contribution in [0, 0.1) is 0 Å². The number of aromatic nitrogens is 1. The number of aliphatic carboxylic acids is 1. The normalized spacial score (nSPS) is 17.9. The molecule has 0 amide bonds. The van der Waals surface area contributed by atoms with Crippen LogP contribution in [0.1, 0.15) is 18.4 Å². The highest BCUT2D eigenvalue weighted by molar-refractivity contribution is 5.86. The van der Waals surface area contributed by atoms with Crippen molar-refractivity contribution in [2.24, 2.45) is 0 Å². The Morgan fingerprint density at radius 1 is 1.45 bits per heavy atom. The van der Waals surface area contributed by atoms with Crippen molar-refractivity contribution < 1.29 is 9.90 Å². The van der Waals surface area contributed by atoms with Crippen LogP contribution >= 0.6 is 24.8 Å². The van der Waals surface area contributed by atoms with Crippen molar-refractivity contribution in [3.8, 4) is 0 Å². The minimum absolute atomic E-state index is 0. The van der Waals surface area contributed by atoms with Crippen LogP contribution in [0.5, 0.6) is 0 Å². The van der Waals surface area contributed by atoms with Gasteiger partial charge in [-0.1, -0.05) is 0 Å². The van der Waals surface area contributed by atoms with Gasteiger partial charge < -0.3 is 15.7 Å². The molecule has 3 N–H and O–H groups in total. The highest BCUT2D eigenvalue weighted by Gasteiger charge is 2.12. The van der Waals surface area contributed by atoms with E-state index in [0.717, 1.165) is 37.0 Å². The average molecular weight is 320 g/mol. The average Bonchev–Trinajstić information content (AvgIpc) is 2.39. The molecule has 2 heterocycles. The topological polar surface area (TPSA) is 74.2 Å². The summed E-state index contributed by atoms with van der Waals surface area (Å²) in [6.07, 6.45) is 6.63. The number of nitrogens with zero attached hydrogens (tertiary/aromatic N) is 1. The Labute approximate surface area is 130 Å². The molecule has 1 aliphatic heterocycles. The standard InChI is InChI=1S/C13H17N3O2.2ClH/c17-13(18)6-4-10-3-5-12(15-8-10)16-11-2-1-7-14-9-11;;/h3-6,8,11,14H,1-2,7,9H2,(H,15,16)(H,17,18);2*1H/t11-;;/m1../s1. The van der Waals surface area contributed by atoms with E-state index in [9.17, 15) is 4.79 Å². The second-order valence-corrected chi connectivity index (χ2v) is 4.34. The molecular formula is C13H19Cl2N3O2. The molecule has 0 spiro atoms. The Kier molecular flexibility index (Phi) is 8.96. The third-order valence-electron chi connectivity index (χ3n) is 2.85. The van der Waals surface area contributed by atoms with Crippen molar-refractivity contribution in [1.29, 1.82) is 0 Å². The van der Waals surface area contributed by atoms with E-state index in [4.69, 9.17) is 5.11 Å². The smallest absolute Gasteiger partial charge is 0.328 e. The molecule has 1 atom stereocenters. The fourth-order valence-corrected chi connectivity index (χ4v) is 1.94. The van der Waals surface area contributed by atoms with Gasteiger partial charge in [0.15, 0.2) is 0 Å². The molecule has 0 aromatic carbocycles. The molecule has 0 unspecified atom stereocenters. The van der Waals surface area contributed by atoms with E-state index < -0.39 is 5.97 Å². The zero-order chi connectivity index (χ0) is 12.8. The maximum atomic E-state index is 10.4. The van der Waals surface area contributed by atoms with Gasteiger partial charge in [-0.25, -0.2) is 9.78 Å². The monoisotopic (exact) mass is 319 g/mol. The molecule has 1 aromatic rings. The highest BCUT2D eigenvalue weighted by atomic mass is 35.5. The maximum absolute atomic E-state index is 10.4. The van der Waals surface area contributed by atoms with Gasteiger partial charge in [-0.2, -0.15) is 0 Å². The number of carboxylic acid groups (broad SMARTS) is 1. The summed E-state index contributed by atoms with van der Waals surface area (Å²) in [4.78, 5) is 14.6. The molecule has 1 saturated heterocycles. The van der Waals surface area contributed by atoms with Crippen LogP contribution in [-0.4, -0.2) is 35.2 Å². The Bertz CT molecular complexity index is 432. The Balaban J connectivity index is 0.00000180. The van der Waals surface area contributed by atoms with E-state index in [2.05, 4.69) is 15.6 Å². The molecule has 20 heavy (non-hydrogen) atoms. The summed E-state index contributed by atoms with van der Waals surface area (Å²) in [7, 11) is 0. The van der Waals surface area contributed by atoms with E-state index in [1.54, 1.807) is 6.20 Å². The number of anilines is 1. The number of rotatable bonds is 4. The van der Waals surface area contributed by atoms with Gasteiger partial charge in [0.25, 0.3) is 0 Å². The highest BCUT2D eigenvalue weighted by Crippen LogP contribution is 2.11. The van der Waals surface area contributed by atoms with Gasteiger partial charge in [-0.3, -0.25) is 0 Å². The first-order valence-corrected chi connectivity index (χ1v) is 6.08. The van der Waals surface area contributed by atoms with Gasteiger partial charge in [0.1, 0.15) is 5.82 Å². The Morgan fingerprint density at radius 2 is 2.25 bits per heavy atom. The van der Waals surface area contributed by atoms with E-state index in [1.807, 2.05) is 12.1 Å². The maximum Gasteiger partial charge on any atom is 0.328 e. The predicted octanol–water partition coefficient (Wildman–Crippen LogP) is 2.19. The number of nitrogens with one attached hydrogen (secondary N) is 2. The SMILES string of the molecule is Cl.Cl.O=C(O)C=Cc1ccc(N[C@@H]2CCCNC2)nc1. The molecule has 0 saturated carbocycles. The van der Waals surface area contributed by atoms with Crippen molar-refractivity contribution >= 4 is 42.7 Å². The summed E-state index contributed by atoms with van der Waals surface area (Å²) < 4.78 is 0. The van der Waals surface area contributed by atoms with Crippen LogP contribution in [0.3, 0.4) is 0 Å². The first-order valence-electron chi connectivity index (χ1n) is 6.08. The molecule has 1 aliphatic rings. The minimum Gasteiger partial charge on any atom is -0.478 e. The zero-order valence-electron chi connectivity index (χ0n) is 10.9. The van der Waals surface area contributed by atoms with Crippen LogP contribution < -0.4 is 10.6 Å². The van der Waals surface area contributed by atoms with E-state index >= 15 is 0 Å². The lowest BCUT2D eigenvalue weighted by Gasteiger charge is -2.24. The second kappa shape index (κ2) is 9.58. The zero-order valence-corrected chi connectivity index (χ0v) is 12.5. The molecule has 0 aliphatic carbocycles. The summed E-state index contributed by atoms with van der Waals surface area (Å²) >= 11 is 0. The third kappa shape index (κ3) is 6.23. The van der Waals surface area contributed by atoms with Crippen LogP contribution in [0.15, 0.2) is 24.4 Å². The molecule has 2 rings (SSSR count). The molecular weight excluding hydrogens is 301 g/mol. The fraction of sp³-hybridized carbons (Fsp3) is 0.385. The molecule has 0 radical (unpaired) electrons. The number of pyridine rings is 1. The summed E-state index contributed by atoms with van der Waals surface area (Å²) in [5, 5.41) is 15.2. The van der Waals surface area contributed by atoms with Gasteiger partial charge in [0, 0.05) is 24.9 Å². The van der Waals surface area contributed by atoms with E-state index in [1.165, 1.54) is 12.5 Å². The van der Waals surface area contributed by atoms with Crippen molar-refractivity contribution in [2.75, 3.05) is 18.4 Å². The lowest BCUT2D eigenvalue weighted by atomic mass is 10.1. The number of hydrogen-bond donors (Lipinski definition) is 3. The number of halogens is 2. The number of carboxylic acids is 1. The molecule has 1 aromatic heterocycles. The van der Waals surface area contributed by atoms with E-state index in [0.29, 0.717) is 6.04 Å². The number of carbonyl (C=O) groups is 1. The molecule has 0 bridgehead atoms. The van der Waals surface area contributed by atoms with Crippen molar-refractivity contribution in [3.63, 3.8) is 0 Å². The predicted molar refractivity (Wildman–Crippen MR) is 84.9 cm³/mol. The Hall–Kier alpha value is -1.30. The fourth-order valence-electron chi connectivity index (χ4n) is 1.94. The van der Waals surface area contributed by atoms with Crippen molar-refractivity contribution in [2.45, 2.75) is 18.9 Å². The van der Waals surface area contributed by atoms with Gasteiger partial charge >= 0.3 is 5.97 Å². The molecule has 112 valence electrons. The van der Waals surface area contributed by atoms with Crippen LogP contribution in [0.2, 0.25) is 0 Å². The second-order valence-electron chi connectivity index (χ2n) is 4.34. The molecule has 7 heteroatoms. The summed E-state index contributed by atoms with van der Waals surface area (Å²) in [6.45, 7) is 2.05. The third-order valence-corrected chi connectivity index (χ3v) is 2.85. The van der Waals surface area contributed by atoms with Gasteiger partial charge in [-0.05, 0) is 43.2 Å². The summed E-state index contributed by atoms with van der Waals surface area (Å²) in [5.41, 5.74) is 0.782. The van der Waals surface area contributed by atoms with Gasteiger partial charge in [0.2, 0.25) is 0 Å². The summed E-state index contributed by atoms with van der Waals surface area (Å²) in [5.74, 6) is -0.123.